The lowest BCUT2D eigenvalue weighted by Crippen LogP contribution is -2.23. The minimum Gasteiger partial charge on any atom is -0.341 e. The first kappa shape index (κ1) is 18.8. The number of hydrogen-bond acceptors (Lipinski definition) is 7. The molecule has 30 heavy (non-hydrogen) atoms. The smallest absolute Gasteiger partial charge is 0.286 e. The molecule has 0 aliphatic carbocycles. The van der Waals surface area contributed by atoms with Gasteiger partial charge in [0.05, 0.1) is 22.5 Å². The molecule has 3 aromatic heterocycles. The van der Waals surface area contributed by atoms with Crippen LogP contribution < -0.4 is 5.56 Å². The van der Waals surface area contributed by atoms with Gasteiger partial charge in [0.1, 0.15) is 5.82 Å². The van der Waals surface area contributed by atoms with E-state index in [0.29, 0.717) is 16.6 Å². The van der Waals surface area contributed by atoms with Crippen LogP contribution in [-0.2, 0) is 5.75 Å². The third-order valence-corrected chi connectivity index (χ3v) is 6.28. The second-order valence-corrected chi connectivity index (χ2v) is 8.27. The van der Waals surface area contributed by atoms with Gasteiger partial charge in [-0.15, -0.1) is 11.8 Å². The number of hydrogen-bond donors (Lipinski definition) is 1. The van der Waals surface area contributed by atoms with Crippen molar-refractivity contribution in [3.63, 3.8) is 0 Å². The Balaban J connectivity index is 1.59. The van der Waals surface area contributed by atoms with E-state index >= 15 is 0 Å². The van der Waals surface area contributed by atoms with Crippen molar-refractivity contribution in [3.05, 3.63) is 77.1 Å². The first-order valence-corrected chi connectivity index (χ1v) is 11.4. The number of para-hydroxylation sites is 2. The van der Waals surface area contributed by atoms with Gasteiger partial charge in [0, 0.05) is 17.3 Å². The van der Waals surface area contributed by atoms with Crippen molar-refractivity contribution in [2.75, 3.05) is 6.26 Å². The summed E-state index contributed by atoms with van der Waals surface area (Å²) in [6.07, 6.45) is 5.07. The monoisotopic (exact) mass is 432 g/mol. The van der Waals surface area contributed by atoms with Gasteiger partial charge in [0.15, 0.2) is 16.3 Å². The van der Waals surface area contributed by atoms with Crippen LogP contribution in [-0.4, -0.2) is 35.7 Å². The molecular weight excluding hydrogens is 416 g/mol. The Labute approximate surface area is 180 Å². The van der Waals surface area contributed by atoms with Crippen molar-refractivity contribution in [3.8, 4) is 5.69 Å². The molecule has 0 aliphatic heterocycles. The third kappa shape index (κ3) is 3.46. The molecule has 2 aromatic carbocycles. The predicted octanol–water partition coefficient (Wildman–Crippen LogP) is 4.07. The molecular formula is C21H16N6OS2. The van der Waals surface area contributed by atoms with E-state index in [9.17, 15) is 4.79 Å². The molecule has 0 unspecified atom stereocenters. The molecule has 0 spiro atoms. The van der Waals surface area contributed by atoms with Crippen LogP contribution in [0.5, 0.6) is 0 Å². The molecule has 0 atom stereocenters. The van der Waals surface area contributed by atoms with E-state index in [1.807, 2.05) is 54.8 Å². The number of aromatic amines is 1. The van der Waals surface area contributed by atoms with Gasteiger partial charge in [-0.25, -0.2) is 19.9 Å². The Morgan fingerprint density at radius 1 is 1.00 bits per heavy atom. The number of benzene rings is 2. The number of imidazole rings is 1. The van der Waals surface area contributed by atoms with Crippen LogP contribution in [0, 0.1) is 0 Å². The highest BCUT2D eigenvalue weighted by Gasteiger charge is 2.16. The fourth-order valence-electron chi connectivity index (χ4n) is 3.16. The summed E-state index contributed by atoms with van der Waals surface area (Å²) in [5, 5.41) is 0.547. The number of nitrogens with one attached hydrogen (secondary N) is 1. The highest BCUT2D eigenvalue weighted by molar-refractivity contribution is 7.98. The molecule has 0 fully saturated rings. The highest BCUT2D eigenvalue weighted by Crippen LogP contribution is 2.25. The van der Waals surface area contributed by atoms with Gasteiger partial charge in [0.25, 0.3) is 5.56 Å². The molecule has 5 aromatic rings. The normalized spacial score (nSPS) is 11.4. The number of thioether (sulfide) groups is 2. The number of fused-ring (bicyclic) bond motifs is 2. The lowest BCUT2D eigenvalue weighted by Gasteiger charge is -2.12. The molecule has 1 N–H and O–H groups in total. The van der Waals surface area contributed by atoms with Crippen molar-refractivity contribution in [2.24, 2.45) is 0 Å². The van der Waals surface area contributed by atoms with Crippen LogP contribution in [0.1, 0.15) is 5.82 Å². The molecule has 0 saturated heterocycles. The highest BCUT2D eigenvalue weighted by atomic mass is 32.2. The SMILES string of the molecule is CSc1ccc(-n2c(SCc3nc4ccccc4[nH]3)nc3nccnc3c2=O)cc1. The zero-order valence-corrected chi connectivity index (χ0v) is 17.6. The summed E-state index contributed by atoms with van der Waals surface area (Å²) in [4.78, 5) is 35.3. The van der Waals surface area contributed by atoms with E-state index < -0.39 is 0 Å². The van der Waals surface area contributed by atoms with Crippen molar-refractivity contribution in [2.45, 2.75) is 15.8 Å². The molecule has 0 amide bonds. The number of H-pyrrole nitrogens is 1. The summed E-state index contributed by atoms with van der Waals surface area (Å²) in [6.45, 7) is 0. The van der Waals surface area contributed by atoms with Crippen molar-refractivity contribution >= 4 is 45.7 Å². The lowest BCUT2D eigenvalue weighted by atomic mass is 10.3. The van der Waals surface area contributed by atoms with Crippen LogP contribution in [0.2, 0.25) is 0 Å². The van der Waals surface area contributed by atoms with Crippen molar-refractivity contribution in [1.82, 2.24) is 29.5 Å². The Kier molecular flexibility index (Phi) is 4.97. The number of aromatic nitrogens is 6. The second-order valence-electron chi connectivity index (χ2n) is 6.45. The first-order chi connectivity index (χ1) is 14.7. The van der Waals surface area contributed by atoms with E-state index in [2.05, 4.69) is 24.9 Å². The number of nitrogens with zero attached hydrogens (tertiary/aromatic N) is 5. The van der Waals surface area contributed by atoms with E-state index in [1.54, 1.807) is 22.5 Å². The van der Waals surface area contributed by atoms with E-state index in [0.717, 1.165) is 27.4 Å². The van der Waals surface area contributed by atoms with Gasteiger partial charge in [0.2, 0.25) is 0 Å². The van der Waals surface area contributed by atoms with Crippen LogP contribution in [0.4, 0.5) is 0 Å². The van der Waals surface area contributed by atoms with E-state index in [4.69, 9.17) is 0 Å². The molecule has 148 valence electrons. The summed E-state index contributed by atoms with van der Waals surface area (Å²) in [7, 11) is 0. The van der Waals surface area contributed by atoms with Crippen molar-refractivity contribution in [1.29, 1.82) is 0 Å². The zero-order valence-electron chi connectivity index (χ0n) is 15.9. The minimum absolute atomic E-state index is 0.239. The maximum atomic E-state index is 13.2. The maximum absolute atomic E-state index is 13.2. The van der Waals surface area contributed by atoms with Gasteiger partial charge in [-0.05, 0) is 42.7 Å². The molecule has 0 saturated carbocycles. The average Bonchev–Trinajstić information content (AvgIpc) is 3.21. The third-order valence-electron chi connectivity index (χ3n) is 4.58. The summed E-state index contributed by atoms with van der Waals surface area (Å²) < 4.78 is 1.59. The zero-order chi connectivity index (χ0) is 20.5. The van der Waals surface area contributed by atoms with Gasteiger partial charge in [-0.1, -0.05) is 23.9 Å². The first-order valence-electron chi connectivity index (χ1n) is 9.17. The molecule has 0 bridgehead atoms. The second kappa shape index (κ2) is 7.92. The van der Waals surface area contributed by atoms with E-state index in [-0.39, 0.29) is 11.1 Å². The molecule has 7 nitrogen and oxygen atoms in total. The standard InChI is InChI=1S/C21H16N6OS2/c1-29-14-8-6-13(7-9-14)27-20(28)18-19(23-11-10-22-18)26-21(27)30-12-17-24-15-4-2-3-5-16(15)25-17/h2-11H,12H2,1H3,(H,24,25). The van der Waals surface area contributed by atoms with Gasteiger partial charge in [-0.3, -0.25) is 9.36 Å². The quantitative estimate of drug-likeness (QED) is 0.331. The molecule has 9 heteroatoms. The molecule has 0 radical (unpaired) electrons. The Morgan fingerprint density at radius 2 is 1.80 bits per heavy atom. The van der Waals surface area contributed by atoms with Crippen molar-refractivity contribution < 1.29 is 0 Å². The van der Waals surface area contributed by atoms with Crippen LogP contribution >= 0.6 is 23.5 Å². The molecule has 3 heterocycles. The maximum Gasteiger partial charge on any atom is 0.286 e. The van der Waals surface area contributed by atoms with Gasteiger partial charge < -0.3 is 4.98 Å². The summed E-state index contributed by atoms with van der Waals surface area (Å²) in [6, 6.07) is 15.7. The van der Waals surface area contributed by atoms with E-state index in [1.165, 1.54) is 18.0 Å². The molecule has 5 rings (SSSR count). The average molecular weight is 433 g/mol. The van der Waals surface area contributed by atoms with Gasteiger partial charge in [-0.2, -0.15) is 0 Å². The Bertz CT molecular complexity index is 1380. The summed E-state index contributed by atoms with van der Waals surface area (Å²) >= 11 is 3.08. The lowest BCUT2D eigenvalue weighted by molar-refractivity contribution is 0.808. The van der Waals surface area contributed by atoms with Crippen LogP contribution in [0.3, 0.4) is 0 Å². The topological polar surface area (TPSA) is 89.3 Å². The Morgan fingerprint density at radius 3 is 2.60 bits per heavy atom. The Hall–Kier alpha value is -3.17. The summed E-state index contributed by atoms with van der Waals surface area (Å²) in [5.74, 6) is 1.36. The number of rotatable bonds is 5. The summed E-state index contributed by atoms with van der Waals surface area (Å²) in [5.41, 5.74) is 2.99. The largest absolute Gasteiger partial charge is 0.341 e. The molecule has 0 aliphatic rings. The van der Waals surface area contributed by atoms with Crippen LogP contribution in [0.15, 0.2) is 75.8 Å². The van der Waals surface area contributed by atoms with Gasteiger partial charge >= 0.3 is 0 Å². The van der Waals surface area contributed by atoms with Crippen LogP contribution in [0.25, 0.3) is 27.9 Å². The fraction of sp³-hybridized carbons (Fsp3) is 0.0952. The fourth-order valence-corrected chi connectivity index (χ4v) is 4.44. The predicted molar refractivity (Wildman–Crippen MR) is 120 cm³/mol. The minimum atomic E-state index is -0.239.